The summed E-state index contributed by atoms with van der Waals surface area (Å²) in [5.41, 5.74) is 1.92. The van der Waals surface area contributed by atoms with Crippen molar-refractivity contribution >= 4 is 17.3 Å². The molecule has 2 aromatic carbocycles. The monoisotopic (exact) mass is 383 g/mol. The van der Waals surface area contributed by atoms with E-state index in [9.17, 15) is 14.9 Å². The molecule has 0 aliphatic carbocycles. The number of rotatable bonds is 4. The van der Waals surface area contributed by atoms with Crippen LogP contribution in [0.3, 0.4) is 0 Å². The van der Waals surface area contributed by atoms with Gasteiger partial charge in [0.15, 0.2) is 11.5 Å². The Labute approximate surface area is 162 Å². The Kier molecular flexibility index (Phi) is 5.01. The Hall–Kier alpha value is -3.29. The number of non-ortho nitro benzene ring substituents is 1. The van der Waals surface area contributed by atoms with Crippen molar-refractivity contribution in [2.45, 2.75) is 6.42 Å². The van der Waals surface area contributed by atoms with E-state index in [1.165, 1.54) is 12.1 Å². The molecule has 146 valence electrons. The topological polar surface area (TPSA) is 85.2 Å². The van der Waals surface area contributed by atoms with Crippen LogP contribution >= 0.6 is 0 Å². The summed E-state index contributed by atoms with van der Waals surface area (Å²) in [6, 6.07) is 12.2. The fourth-order valence-corrected chi connectivity index (χ4v) is 3.48. The van der Waals surface area contributed by atoms with Crippen LogP contribution < -0.4 is 14.4 Å². The number of piperazine rings is 1. The molecule has 0 radical (unpaired) electrons. The number of nitrogens with zero attached hydrogens (tertiary/aromatic N) is 3. The third-order valence-corrected chi connectivity index (χ3v) is 5.02. The Bertz CT molecular complexity index is 876. The lowest BCUT2D eigenvalue weighted by Gasteiger charge is -2.36. The van der Waals surface area contributed by atoms with Crippen molar-refractivity contribution in [3.8, 4) is 11.5 Å². The van der Waals surface area contributed by atoms with Gasteiger partial charge in [0.2, 0.25) is 5.91 Å². The van der Waals surface area contributed by atoms with Crippen LogP contribution in [0.5, 0.6) is 11.5 Å². The van der Waals surface area contributed by atoms with E-state index in [1.54, 1.807) is 12.1 Å². The van der Waals surface area contributed by atoms with E-state index in [4.69, 9.17) is 9.47 Å². The molecule has 2 aromatic rings. The molecule has 1 saturated heterocycles. The van der Waals surface area contributed by atoms with Crippen molar-refractivity contribution in [2.75, 3.05) is 44.3 Å². The maximum absolute atomic E-state index is 12.7. The van der Waals surface area contributed by atoms with Crippen molar-refractivity contribution in [3.63, 3.8) is 0 Å². The standard InChI is InChI=1S/C20H21N3O5/c24-20(14-15-1-6-18-19(13-15)28-12-11-27-18)22-9-7-21(8-10-22)16-2-4-17(5-3-16)23(25)26/h1-6,13H,7-12,14H2. The van der Waals surface area contributed by atoms with Crippen molar-refractivity contribution in [1.82, 2.24) is 4.90 Å². The number of nitro groups is 1. The molecule has 28 heavy (non-hydrogen) atoms. The SMILES string of the molecule is O=C(Cc1ccc2c(c1)OCCO2)N1CCN(c2ccc([N+](=O)[O-])cc2)CC1. The third-order valence-electron chi connectivity index (χ3n) is 5.02. The highest BCUT2D eigenvalue weighted by molar-refractivity contribution is 5.79. The molecule has 0 unspecified atom stereocenters. The number of anilines is 1. The van der Waals surface area contributed by atoms with Gasteiger partial charge in [-0.05, 0) is 29.8 Å². The van der Waals surface area contributed by atoms with E-state index in [2.05, 4.69) is 4.90 Å². The molecule has 0 aromatic heterocycles. The van der Waals surface area contributed by atoms with Gasteiger partial charge in [-0.25, -0.2) is 0 Å². The smallest absolute Gasteiger partial charge is 0.269 e. The number of benzene rings is 2. The van der Waals surface area contributed by atoms with Gasteiger partial charge in [-0.15, -0.1) is 0 Å². The molecule has 8 nitrogen and oxygen atoms in total. The van der Waals surface area contributed by atoms with E-state index in [1.807, 2.05) is 23.1 Å². The number of nitro benzene ring substituents is 1. The zero-order valence-corrected chi connectivity index (χ0v) is 15.4. The maximum Gasteiger partial charge on any atom is 0.269 e. The van der Waals surface area contributed by atoms with Gasteiger partial charge in [0.25, 0.3) is 5.69 Å². The van der Waals surface area contributed by atoms with Gasteiger partial charge in [-0.1, -0.05) is 6.07 Å². The molecule has 0 bridgehead atoms. The highest BCUT2D eigenvalue weighted by Crippen LogP contribution is 2.31. The number of carbonyl (C=O) groups is 1. The number of hydrogen-bond donors (Lipinski definition) is 0. The minimum absolute atomic E-state index is 0.0805. The lowest BCUT2D eigenvalue weighted by atomic mass is 10.1. The van der Waals surface area contributed by atoms with Crippen LogP contribution in [0.4, 0.5) is 11.4 Å². The summed E-state index contributed by atoms with van der Waals surface area (Å²) in [5.74, 6) is 1.50. The fraction of sp³-hybridized carbons (Fsp3) is 0.350. The second-order valence-corrected chi connectivity index (χ2v) is 6.80. The highest BCUT2D eigenvalue weighted by atomic mass is 16.6. The van der Waals surface area contributed by atoms with Gasteiger partial charge < -0.3 is 19.3 Å². The average molecular weight is 383 g/mol. The van der Waals surface area contributed by atoms with Crippen molar-refractivity contribution in [1.29, 1.82) is 0 Å². The average Bonchev–Trinajstić information content (AvgIpc) is 2.74. The molecule has 1 fully saturated rings. The van der Waals surface area contributed by atoms with Gasteiger partial charge in [0, 0.05) is 44.0 Å². The molecule has 0 N–H and O–H groups in total. The predicted molar refractivity (Wildman–Crippen MR) is 103 cm³/mol. The van der Waals surface area contributed by atoms with Crippen LogP contribution in [-0.4, -0.2) is 55.1 Å². The number of amides is 1. The van der Waals surface area contributed by atoms with Crippen LogP contribution in [0.1, 0.15) is 5.56 Å². The quantitative estimate of drug-likeness (QED) is 0.595. The van der Waals surface area contributed by atoms with Crippen molar-refractivity contribution in [2.24, 2.45) is 0 Å². The Morgan fingerprint density at radius 1 is 0.964 bits per heavy atom. The zero-order valence-electron chi connectivity index (χ0n) is 15.4. The Morgan fingerprint density at radius 2 is 1.64 bits per heavy atom. The molecule has 1 amide bonds. The molecule has 0 saturated carbocycles. The second kappa shape index (κ2) is 7.75. The maximum atomic E-state index is 12.7. The number of carbonyl (C=O) groups excluding carboxylic acids is 1. The molecule has 2 aliphatic rings. The molecule has 0 spiro atoms. The third kappa shape index (κ3) is 3.85. The number of ether oxygens (including phenoxy) is 2. The summed E-state index contributed by atoms with van der Waals surface area (Å²) in [6.07, 6.45) is 0.328. The van der Waals surface area contributed by atoms with Crippen molar-refractivity contribution in [3.05, 3.63) is 58.1 Å². The minimum atomic E-state index is -0.405. The van der Waals surface area contributed by atoms with E-state index < -0.39 is 4.92 Å². The zero-order chi connectivity index (χ0) is 19.5. The highest BCUT2D eigenvalue weighted by Gasteiger charge is 2.22. The molecule has 2 heterocycles. The van der Waals surface area contributed by atoms with Gasteiger partial charge in [-0.2, -0.15) is 0 Å². The van der Waals surface area contributed by atoms with Crippen LogP contribution in [0.15, 0.2) is 42.5 Å². The van der Waals surface area contributed by atoms with Gasteiger partial charge in [0.1, 0.15) is 13.2 Å². The van der Waals surface area contributed by atoms with Crippen LogP contribution in [0.25, 0.3) is 0 Å². The molecule has 8 heteroatoms. The van der Waals surface area contributed by atoms with Crippen LogP contribution in [0, 0.1) is 10.1 Å². The first-order chi connectivity index (χ1) is 13.6. The van der Waals surface area contributed by atoms with E-state index in [0.29, 0.717) is 51.6 Å². The summed E-state index contributed by atoms with van der Waals surface area (Å²) in [4.78, 5) is 27.0. The second-order valence-electron chi connectivity index (χ2n) is 6.80. The number of fused-ring (bicyclic) bond motifs is 1. The van der Waals surface area contributed by atoms with Crippen molar-refractivity contribution < 1.29 is 19.2 Å². The molecular formula is C20H21N3O5. The summed E-state index contributed by atoms with van der Waals surface area (Å²) < 4.78 is 11.1. The lowest BCUT2D eigenvalue weighted by Crippen LogP contribution is -2.49. The predicted octanol–water partition coefficient (Wildman–Crippen LogP) is 2.26. The van der Waals surface area contributed by atoms with Crippen LogP contribution in [0.2, 0.25) is 0 Å². The first-order valence-electron chi connectivity index (χ1n) is 9.26. The van der Waals surface area contributed by atoms with Gasteiger partial charge in [0.05, 0.1) is 11.3 Å². The van der Waals surface area contributed by atoms with Gasteiger partial charge in [-0.3, -0.25) is 14.9 Å². The minimum Gasteiger partial charge on any atom is -0.486 e. The normalized spacial score (nSPS) is 16.0. The molecule has 0 atom stereocenters. The fourth-order valence-electron chi connectivity index (χ4n) is 3.48. The number of hydrogen-bond acceptors (Lipinski definition) is 6. The summed E-state index contributed by atoms with van der Waals surface area (Å²) in [7, 11) is 0. The van der Waals surface area contributed by atoms with E-state index >= 15 is 0 Å². The lowest BCUT2D eigenvalue weighted by molar-refractivity contribution is -0.384. The Morgan fingerprint density at radius 3 is 2.32 bits per heavy atom. The van der Waals surface area contributed by atoms with E-state index in [-0.39, 0.29) is 11.6 Å². The first kappa shape index (κ1) is 18.1. The van der Waals surface area contributed by atoms with Gasteiger partial charge >= 0.3 is 0 Å². The van der Waals surface area contributed by atoms with Crippen LogP contribution in [-0.2, 0) is 11.2 Å². The summed E-state index contributed by atoms with van der Waals surface area (Å²) >= 11 is 0. The molecule has 2 aliphatic heterocycles. The summed E-state index contributed by atoms with van der Waals surface area (Å²) in [5, 5.41) is 10.8. The molecule has 4 rings (SSSR count). The molecular weight excluding hydrogens is 362 g/mol. The summed E-state index contributed by atoms with van der Waals surface area (Å²) in [6.45, 7) is 3.72. The first-order valence-corrected chi connectivity index (χ1v) is 9.26. The largest absolute Gasteiger partial charge is 0.486 e. The Balaban J connectivity index is 1.33. The van der Waals surface area contributed by atoms with E-state index in [0.717, 1.165) is 17.0 Å².